The highest BCUT2D eigenvalue weighted by atomic mass is 16.6. The van der Waals surface area contributed by atoms with Crippen molar-refractivity contribution in [3.63, 3.8) is 0 Å². The second kappa shape index (κ2) is 9.30. The van der Waals surface area contributed by atoms with Crippen LogP contribution in [0.15, 0.2) is 43.0 Å². The molecule has 4 rings (SSSR count). The Morgan fingerprint density at radius 2 is 1.84 bits per heavy atom. The molecule has 0 radical (unpaired) electrons. The maximum absolute atomic E-state index is 13.3. The molecule has 9 heteroatoms. The number of benzene rings is 1. The highest BCUT2D eigenvalue weighted by Gasteiger charge is 2.50. The van der Waals surface area contributed by atoms with Crippen molar-refractivity contribution in [2.24, 2.45) is 5.92 Å². The van der Waals surface area contributed by atoms with Crippen LogP contribution in [0, 0.1) is 5.92 Å². The summed E-state index contributed by atoms with van der Waals surface area (Å²) in [5.74, 6) is -0.727. The first-order valence-corrected chi connectivity index (χ1v) is 11.1. The molecule has 1 saturated carbocycles. The van der Waals surface area contributed by atoms with Gasteiger partial charge in [-0.15, -0.1) is 0 Å². The van der Waals surface area contributed by atoms with Crippen LogP contribution in [0.1, 0.15) is 37.7 Å². The number of carbonyl (C=O) groups excluding carboxylic acids is 2. The normalized spacial score (nSPS) is 25.2. The van der Waals surface area contributed by atoms with E-state index in [9.17, 15) is 14.7 Å². The van der Waals surface area contributed by atoms with E-state index < -0.39 is 11.6 Å². The molecule has 1 aromatic heterocycles. The third-order valence-electron chi connectivity index (χ3n) is 6.65. The van der Waals surface area contributed by atoms with Crippen LogP contribution in [-0.4, -0.2) is 69.2 Å². The SMILES string of the molecule is C[N+]1(CC(=O)Nc2ncncn2)CC[C@@H](OC(=O)C(O)(c2ccccc2)C2CCCC2)C1. The first-order chi connectivity index (χ1) is 15.4. The van der Waals surface area contributed by atoms with Crippen molar-refractivity contribution in [3.8, 4) is 0 Å². The fourth-order valence-corrected chi connectivity index (χ4v) is 4.98. The van der Waals surface area contributed by atoms with Gasteiger partial charge >= 0.3 is 5.97 Å². The molecule has 9 nitrogen and oxygen atoms in total. The number of likely N-dealkylation sites (N-methyl/N-ethyl adjacent to an activating group) is 1. The minimum Gasteiger partial charge on any atom is -0.454 e. The number of likely N-dealkylation sites (tertiary alicyclic amines) is 1. The number of anilines is 1. The molecule has 2 heterocycles. The molecular formula is C23H30N5O4+. The van der Waals surface area contributed by atoms with Crippen LogP contribution in [0.25, 0.3) is 0 Å². The largest absolute Gasteiger partial charge is 0.454 e. The molecule has 2 unspecified atom stereocenters. The molecule has 2 fully saturated rings. The lowest BCUT2D eigenvalue weighted by Gasteiger charge is -2.33. The third-order valence-corrected chi connectivity index (χ3v) is 6.65. The van der Waals surface area contributed by atoms with Crippen LogP contribution >= 0.6 is 0 Å². The van der Waals surface area contributed by atoms with E-state index in [1.54, 1.807) is 12.1 Å². The van der Waals surface area contributed by atoms with E-state index in [4.69, 9.17) is 4.74 Å². The standard InChI is InChI=1S/C23H29N5O4/c1-28(14-20(29)27-22-25-15-24-16-26-22)12-11-19(13-28)32-21(30)23(31,18-9-5-6-10-18)17-7-3-2-4-8-17/h2-4,7-8,15-16,18-19,31H,5-6,9-14H2,1H3/p+1/t19-,23?,28?/m1/s1. The van der Waals surface area contributed by atoms with Gasteiger partial charge in [0, 0.05) is 12.3 Å². The predicted octanol–water partition coefficient (Wildman–Crippen LogP) is 1.65. The molecule has 1 aromatic carbocycles. The number of esters is 1. The molecule has 2 aliphatic rings. The van der Waals surface area contributed by atoms with Gasteiger partial charge in [0.25, 0.3) is 5.91 Å². The van der Waals surface area contributed by atoms with E-state index in [-0.39, 0.29) is 30.4 Å². The van der Waals surface area contributed by atoms with Crippen molar-refractivity contribution in [2.45, 2.75) is 43.8 Å². The van der Waals surface area contributed by atoms with Crippen molar-refractivity contribution in [3.05, 3.63) is 48.5 Å². The molecule has 0 spiro atoms. The average molecular weight is 441 g/mol. The van der Waals surface area contributed by atoms with Crippen LogP contribution < -0.4 is 5.32 Å². The van der Waals surface area contributed by atoms with E-state index in [0.29, 0.717) is 29.6 Å². The van der Waals surface area contributed by atoms with E-state index in [1.165, 1.54) is 12.7 Å². The first-order valence-electron chi connectivity index (χ1n) is 11.1. The summed E-state index contributed by atoms with van der Waals surface area (Å²) in [6, 6.07) is 9.11. The number of aromatic nitrogens is 3. The molecular weight excluding hydrogens is 410 g/mol. The van der Waals surface area contributed by atoms with Crippen molar-refractivity contribution in [1.82, 2.24) is 15.0 Å². The highest BCUT2D eigenvalue weighted by molar-refractivity contribution is 5.89. The number of hydrogen-bond donors (Lipinski definition) is 2. The molecule has 2 aromatic rings. The van der Waals surface area contributed by atoms with Gasteiger partial charge in [0.15, 0.2) is 18.2 Å². The molecule has 3 atom stereocenters. The number of nitrogens with one attached hydrogen (secondary N) is 1. The van der Waals surface area contributed by atoms with E-state index in [0.717, 1.165) is 25.7 Å². The second-order valence-electron chi connectivity index (χ2n) is 9.12. The van der Waals surface area contributed by atoms with Crippen molar-refractivity contribution in [1.29, 1.82) is 0 Å². The Balaban J connectivity index is 1.40. The lowest BCUT2D eigenvalue weighted by atomic mass is 9.80. The molecule has 2 N–H and O–H groups in total. The lowest BCUT2D eigenvalue weighted by Crippen LogP contribution is -2.49. The fraction of sp³-hybridized carbons (Fsp3) is 0.522. The number of quaternary nitrogens is 1. The van der Waals surface area contributed by atoms with Crippen molar-refractivity contribution < 1.29 is 23.9 Å². The summed E-state index contributed by atoms with van der Waals surface area (Å²) in [6.45, 7) is 1.41. The molecule has 1 amide bonds. The zero-order valence-corrected chi connectivity index (χ0v) is 18.3. The number of amides is 1. The topological polar surface area (TPSA) is 114 Å². The maximum Gasteiger partial charge on any atom is 0.343 e. The van der Waals surface area contributed by atoms with Gasteiger partial charge in [-0.25, -0.2) is 19.7 Å². The Morgan fingerprint density at radius 3 is 2.53 bits per heavy atom. The predicted molar refractivity (Wildman–Crippen MR) is 116 cm³/mol. The van der Waals surface area contributed by atoms with Crippen LogP contribution in [0.2, 0.25) is 0 Å². The molecule has 32 heavy (non-hydrogen) atoms. The van der Waals surface area contributed by atoms with Gasteiger partial charge in [-0.05, 0) is 18.4 Å². The zero-order chi connectivity index (χ0) is 22.6. The smallest absolute Gasteiger partial charge is 0.343 e. The van der Waals surface area contributed by atoms with Crippen LogP contribution in [0.4, 0.5) is 5.95 Å². The minimum atomic E-state index is -1.64. The summed E-state index contributed by atoms with van der Waals surface area (Å²) in [5, 5.41) is 14.3. The number of nitrogens with zero attached hydrogens (tertiary/aromatic N) is 4. The fourth-order valence-electron chi connectivity index (χ4n) is 4.98. The summed E-state index contributed by atoms with van der Waals surface area (Å²) in [7, 11) is 1.96. The molecule has 1 saturated heterocycles. The monoisotopic (exact) mass is 440 g/mol. The molecule has 0 bridgehead atoms. The van der Waals surface area contributed by atoms with Crippen LogP contribution in [-0.2, 0) is 19.9 Å². The van der Waals surface area contributed by atoms with Crippen LogP contribution in [0.3, 0.4) is 0 Å². The Labute approximate surface area is 187 Å². The van der Waals surface area contributed by atoms with Gasteiger partial charge in [-0.2, -0.15) is 0 Å². The Morgan fingerprint density at radius 1 is 1.16 bits per heavy atom. The quantitative estimate of drug-likeness (QED) is 0.497. The van der Waals surface area contributed by atoms with Gasteiger partial charge in [0.2, 0.25) is 5.95 Å². The summed E-state index contributed by atoms with van der Waals surface area (Å²) in [6.07, 6.45) is 6.53. The number of aliphatic hydroxyl groups is 1. The third kappa shape index (κ3) is 4.78. The van der Waals surface area contributed by atoms with E-state index >= 15 is 0 Å². The van der Waals surface area contributed by atoms with Gasteiger partial charge in [-0.3, -0.25) is 10.1 Å². The second-order valence-corrected chi connectivity index (χ2v) is 9.12. The van der Waals surface area contributed by atoms with Gasteiger partial charge < -0.3 is 14.3 Å². The summed E-state index contributed by atoms with van der Waals surface area (Å²) in [5.41, 5.74) is -1.05. The lowest BCUT2D eigenvalue weighted by molar-refractivity contribution is -0.890. The first kappa shape index (κ1) is 22.3. The highest BCUT2D eigenvalue weighted by Crippen LogP contribution is 2.42. The zero-order valence-electron chi connectivity index (χ0n) is 18.3. The number of rotatable bonds is 7. The summed E-state index contributed by atoms with van der Waals surface area (Å²) >= 11 is 0. The maximum atomic E-state index is 13.3. The Kier molecular flexibility index (Phi) is 6.48. The number of ether oxygens (including phenoxy) is 1. The average Bonchev–Trinajstić information content (AvgIpc) is 3.45. The van der Waals surface area contributed by atoms with Crippen molar-refractivity contribution in [2.75, 3.05) is 32.0 Å². The Hall–Kier alpha value is -2.91. The van der Waals surface area contributed by atoms with Gasteiger partial charge in [-0.1, -0.05) is 43.2 Å². The van der Waals surface area contributed by atoms with Crippen LogP contribution in [0.5, 0.6) is 0 Å². The summed E-state index contributed by atoms with van der Waals surface area (Å²) in [4.78, 5) is 37.3. The molecule has 1 aliphatic carbocycles. The van der Waals surface area contributed by atoms with E-state index in [1.807, 2.05) is 25.2 Å². The Bertz CT molecular complexity index is 938. The molecule has 1 aliphatic heterocycles. The van der Waals surface area contributed by atoms with Gasteiger partial charge in [0.05, 0.1) is 13.6 Å². The minimum absolute atomic E-state index is 0.147. The van der Waals surface area contributed by atoms with Crippen molar-refractivity contribution >= 4 is 17.8 Å². The van der Waals surface area contributed by atoms with E-state index in [2.05, 4.69) is 20.3 Å². The summed E-state index contributed by atoms with van der Waals surface area (Å²) < 4.78 is 6.30. The number of carbonyl (C=O) groups is 2. The van der Waals surface area contributed by atoms with Gasteiger partial charge in [0.1, 0.15) is 19.2 Å². The molecule has 170 valence electrons. The number of hydrogen-bond acceptors (Lipinski definition) is 7.